The first kappa shape index (κ1) is 14.1. The van der Waals surface area contributed by atoms with Gasteiger partial charge in [0.15, 0.2) is 0 Å². The van der Waals surface area contributed by atoms with Crippen molar-refractivity contribution in [1.82, 2.24) is 15.3 Å². The molecule has 0 aliphatic carbocycles. The quantitative estimate of drug-likeness (QED) is 0.847. The molecular weight excluding hydrogens is 240 g/mol. The molecule has 5 heteroatoms. The Labute approximate surface area is 115 Å². The number of hydrogen-bond acceptors (Lipinski definition) is 5. The molecule has 106 valence electrons. The monoisotopic (exact) mass is 264 g/mol. The number of nitrogens with zero attached hydrogens (tertiary/aromatic N) is 3. The number of anilines is 1. The van der Waals surface area contributed by atoms with Gasteiger partial charge in [0.2, 0.25) is 11.8 Å². The van der Waals surface area contributed by atoms with Crippen LogP contribution in [0, 0.1) is 5.92 Å². The second kappa shape index (κ2) is 7.28. The van der Waals surface area contributed by atoms with Crippen LogP contribution >= 0.6 is 0 Å². The lowest BCUT2D eigenvalue weighted by atomic mass is 9.99. The van der Waals surface area contributed by atoms with Gasteiger partial charge >= 0.3 is 0 Å². The van der Waals surface area contributed by atoms with E-state index < -0.39 is 0 Å². The molecule has 0 spiro atoms. The molecule has 1 aromatic rings. The normalized spacial score (nSPS) is 19.2. The van der Waals surface area contributed by atoms with Crippen LogP contribution in [0.1, 0.15) is 26.7 Å². The van der Waals surface area contributed by atoms with E-state index >= 15 is 0 Å². The van der Waals surface area contributed by atoms with Crippen LogP contribution in [0.3, 0.4) is 0 Å². The van der Waals surface area contributed by atoms with Crippen molar-refractivity contribution in [2.75, 3.05) is 37.7 Å². The molecule has 5 nitrogen and oxygen atoms in total. The van der Waals surface area contributed by atoms with Crippen molar-refractivity contribution in [3.05, 3.63) is 12.3 Å². The van der Waals surface area contributed by atoms with Crippen molar-refractivity contribution in [3.8, 4) is 5.88 Å². The lowest BCUT2D eigenvalue weighted by Gasteiger charge is -2.29. The Bertz CT molecular complexity index is 379. The molecule has 2 heterocycles. The zero-order chi connectivity index (χ0) is 13.5. The van der Waals surface area contributed by atoms with Crippen molar-refractivity contribution in [1.29, 1.82) is 0 Å². The smallest absolute Gasteiger partial charge is 0.228 e. The van der Waals surface area contributed by atoms with E-state index in [1.807, 2.05) is 13.0 Å². The molecule has 2 rings (SSSR count). The van der Waals surface area contributed by atoms with E-state index in [1.54, 1.807) is 6.20 Å². The van der Waals surface area contributed by atoms with Crippen LogP contribution in [0.25, 0.3) is 0 Å². The molecule has 1 aliphatic heterocycles. The third-order valence-electron chi connectivity index (χ3n) is 3.45. The summed E-state index contributed by atoms with van der Waals surface area (Å²) in [6, 6.07) is 1.81. The highest BCUT2D eigenvalue weighted by Gasteiger charge is 2.18. The molecule has 19 heavy (non-hydrogen) atoms. The zero-order valence-electron chi connectivity index (χ0n) is 11.9. The number of piperidine rings is 1. The molecule has 0 radical (unpaired) electrons. The lowest BCUT2D eigenvalue weighted by Crippen LogP contribution is -2.39. The molecule has 1 aromatic heterocycles. The molecule has 0 bridgehead atoms. The van der Waals surface area contributed by atoms with Gasteiger partial charge in [-0.15, -0.1) is 0 Å². The fraction of sp³-hybridized carbons (Fsp3) is 0.714. The predicted molar refractivity (Wildman–Crippen MR) is 76.7 cm³/mol. The topological polar surface area (TPSA) is 50.3 Å². The third kappa shape index (κ3) is 4.06. The molecular formula is C14H24N4O. The van der Waals surface area contributed by atoms with Gasteiger partial charge in [-0.3, -0.25) is 0 Å². The van der Waals surface area contributed by atoms with Crippen molar-refractivity contribution in [2.45, 2.75) is 26.7 Å². The van der Waals surface area contributed by atoms with Crippen molar-refractivity contribution >= 4 is 5.95 Å². The highest BCUT2D eigenvalue weighted by Crippen LogP contribution is 2.17. The van der Waals surface area contributed by atoms with Gasteiger partial charge in [0.05, 0.1) is 6.61 Å². The average Bonchev–Trinajstić information content (AvgIpc) is 2.46. The van der Waals surface area contributed by atoms with Crippen LogP contribution in [0.2, 0.25) is 0 Å². The molecule has 1 saturated heterocycles. The second-order valence-corrected chi connectivity index (χ2v) is 4.88. The van der Waals surface area contributed by atoms with Gasteiger partial charge in [-0.1, -0.05) is 0 Å². The Balaban J connectivity index is 2.01. The van der Waals surface area contributed by atoms with Crippen LogP contribution in [0.5, 0.6) is 5.88 Å². The summed E-state index contributed by atoms with van der Waals surface area (Å²) in [6.45, 7) is 8.93. The van der Waals surface area contributed by atoms with Crippen molar-refractivity contribution < 1.29 is 4.74 Å². The maximum Gasteiger partial charge on any atom is 0.228 e. The van der Waals surface area contributed by atoms with E-state index in [1.165, 1.54) is 12.8 Å². The van der Waals surface area contributed by atoms with Gasteiger partial charge in [0.25, 0.3) is 0 Å². The summed E-state index contributed by atoms with van der Waals surface area (Å²) in [5.74, 6) is 2.12. The molecule has 1 aliphatic rings. The van der Waals surface area contributed by atoms with E-state index in [-0.39, 0.29) is 0 Å². The molecule has 1 unspecified atom stereocenters. The molecule has 1 N–H and O–H groups in total. The maximum atomic E-state index is 5.44. The van der Waals surface area contributed by atoms with Gasteiger partial charge in [0, 0.05) is 25.4 Å². The fourth-order valence-corrected chi connectivity index (χ4v) is 2.46. The van der Waals surface area contributed by atoms with Crippen LogP contribution in [-0.4, -0.2) is 42.8 Å². The lowest BCUT2D eigenvalue weighted by molar-refractivity contribution is 0.325. The van der Waals surface area contributed by atoms with E-state index in [0.29, 0.717) is 18.4 Å². The largest absolute Gasteiger partial charge is 0.478 e. The van der Waals surface area contributed by atoms with E-state index in [0.717, 1.165) is 32.1 Å². The van der Waals surface area contributed by atoms with Crippen LogP contribution in [0.4, 0.5) is 5.95 Å². The highest BCUT2D eigenvalue weighted by atomic mass is 16.5. The summed E-state index contributed by atoms with van der Waals surface area (Å²) in [7, 11) is 0. The third-order valence-corrected chi connectivity index (χ3v) is 3.45. The van der Waals surface area contributed by atoms with E-state index in [4.69, 9.17) is 4.74 Å². The van der Waals surface area contributed by atoms with Crippen molar-refractivity contribution in [3.63, 3.8) is 0 Å². The van der Waals surface area contributed by atoms with Crippen LogP contribution in [0.15, 0.2) is 12.3 Å². The Morgan fingerprint density at radius 3 is 3.05 bits per heavy atom. The minimum Gasteiger partial charge on any atom is -0.478 e. The average molecular weight is 264 g/mol. The first-order valence-corrected chi connectivity index (χ1v) is 7.25. The molecule has 0 saturated carbocycles. The summed E-state index contributed by atoms with van der Waals surface area (Å²) in [5, 5.41) is 3.46. The number of aromatic nitrogens is 2. The molecule has 1 atom stereocenters. The predicted octanol–water partition coefficient (Wildman–Crippen LogP) is 1.70. The molecule has 1 fully saturated rings. The molecule has 0 aromatic carbocycles. The minimum atomic E-state index is 0.634. The number of hydrogen-bond donors (Lipinski definition) is 1. The van der Waals surface area contributed by atoms with E-state index in [9.17, 15) is 0 Å². The fourth-order valence-electron chi connectivity index (χ4n) is 2.46. The van der Waals surface area contributed by atoms with Crippen LogP contribution in [-0.2, 0) is 0 Å². The number of rotatable bonds is 6. The Kier molecular flexibility index (Phi) is 5.39. The Morgan fingerprint density at radius 1 is 1.47 bits per heavy atom. The number of nitrogens with one attached hydrogen (secondary N) is 1. The van der Waals surface area contributed by atoms with Gasteiger partial charge in [-0.05, 0) is 45.7 Å². The SMILES string of the molecule is CCOc1ccnc(N(CC)CC2CCCNC2)n1. The van der Waals surface area contributed by atoms with Crippen LogP contribution < -0.4 is 15.0 Å². The summed E-state index contributed by atoms with van der Waals surface area (Å²) in [6.07, 6.45) is 4.33. The minimum absolute atomic E-state index is 0.634. The van der Waals surface area contributed by atoms with Gasteiger partial charge in [-0.2, -0.15) is 4.98 Å². The Hall–Kier alpha value is -1.36. The van der Waals surface area contributed by atoms with Gasteiger partial charge in [-0.25, -0.2) is 4.98 Å². The number of ether oxygens (including phenoxy) is 1. The maximum absolute atomic E-state index is 5.44. The first-order valence-electron chi connectivity index (χ1n) is 7.25. The van der Waals surface area contributed by atoms with Gasteiger partial charge < -0.3 is 15.0 Å². The summed E-state index contributed by atoms with van der Waals surface area (Å²) >= 11 is 0. The Morgan fingerprint density at radius 2 is 2.37 bits per heavy atom. The second-order valence-electron chi connectivity index (χ2n) is 4.88. The zero-order valence-corrected chi connectivity index (χ0v) is 11.9. The highest BCUT2D eigenvalue weighted by molar-refractivity contribution is 5.31. The summed E-state index contributed by atoms with van der Waals surface area (Å²) in [4.78, 5) is 11.1. The molecule has 0 amide bonds. The standard InChI is InChI=1S/C14H24N4O/c1-3-18(11-12-6-5-8-15-10-12)14-16-9-7-13(17-14)19-4-2/h7,9,12,15H,3-6,8,10-11H2,1-2H3. The summed E-state index contributed by atoms with van der Waals surface area (Å²) in [5.41, 5.74) is 0. The summed E-state index contributed by atoms with van der Waals surface area (Å²) < 4.78 is 5.44. The van der Waals surface area contributed by atoms with Gasteiger partial charge in [0.1, 0.15) is 0 Å². The van der Waals surface area contributed by atoms with Crippen molar-refractivity contribution in [2.24, 2.45) is 5.92 Å². The van der Waals surface area contributed by atoms with E-state index in [2.05, 4.69) is 27.1 Å². The first-order chi connectivity index (χ1) is 9.33.